The Bertz CT molecular complexity index is 782. The van der Waals surface area contributed by atoms with E-state index < -0.39 is 15.8 Å². The molecule has 1 aromatic carbocycles. The first-order valence-corrected chi connectivity index (χ1v) is 7.83. The lowest BCUT2D eigenvalue weighted by Crippen LogP contribution is -2.17. The molecule has 0 saturated carbocycles. The fourth-order valence-electron chi connectivity index (χ4n) is 2.21. The summed E-state index contributed by atoms with van der Waals surface area (Å²) in [4.78, 5) is 0.0196. The number of halogens is 1. The summed E-state index contributed by atoms with van der Waals surface area (Å²) in [6, 6.07) is 4.21. The number of nitrogens with two attached hydrogens (primary N) is 1. The lowest BCUT2D eigenvalue weighted by atomic mass is 10.2. The quantitative estimate of drug-likeness (QED) is 0.908. The van der Waals surface area contributed by atoms with Crippen LogP contribution in [0.3, 0.4) is 0 Å². The minimum atomic E-state index is -3.90. The molecule has 0 bridgehead atoms. The van der Waals surface area contributed by atoms with Crippen LogP contribution in [-0.4, -0.2) is 8.42 Å². The largest absolute Gasteiger partial charge is 0.465 e. The maximum absolute atomic E-state index is 13.5. The molecule has 0 amide bonds. The van der Waals surface area contributed by atoms with E-state index in [0.717, 1.165) is 0 Å². The highest BCUT2D eigenvalue weighted by atomic mass is 32.2. The lowest BCUT2D eigenvalue weighted by molar-refractivity contribution is 0.494. The number of sulfonamides is 1. The van der Waals surface area contributed by atoms with Crippen LogP contribution in [-0.2, 0) is 16.6 Å². The average molecular weight is 312 g/mol. The zero-order chi connectivity index (χ0) is 15.8. The van der Waals surface area contributed by atoms with Gasteiger partial charge in [0.25, 0.3) is 10.0 Å². The number of hydrogen-bond acceptors (Lipinski definition) is 4. The van der Waals surface area contributed by atoms with E-state index in [0.29, 0.717) is 11.3 Å². The van der Waals surface area contributed by atoms with Crippen molar-refractivity contribution in [3.05, 3.63) is 46.7 Å². The SMILES string of the molecule is Cc1oc(C)c(S(=O)(=O)Nc2cccc(F)c2C)c1CN. The Morgan fingerprint density at radius 2 is 1.90 bits per heavy atom. The molecule has 0 atom stereocenters. The smallest absolute Gasteiger partial charge is 0.265 e. The molecule has 5 nitrogen and oxygen atoms in total. The molecule has 21 heavy (non-hydrogen) atoms. The highest BCUT2D eigenvalue weighted by molar-refractivity contribution is 7.92. The van der Waals surface area contributed by atoms with Gasteiger partial charge in [-0.15, -0.1) is 0 Å². The van der Waals surface area contributed by atoms with Gasteiger partial charge >= 0.3 is 0 Å². The first-order chi connectivity index (χ1) is 9.77. The minimum Gasteiger partial charge on any atom is -0.465 e. The normalized spacial score (nSPS) is 11.7. The number of rotatable bonds is 4. The van der Waals surface area contributed by atoms with Crippen molar-refractivity contribution < 1.29 is 17.2 Å². The molecule has 1 aromatic heterocycles. The van der Waals surface area contributed by atoms with Crippen LogP contribution in [0.2, 0.25) is 0 Å². The summed E-state index contributed by atoms with van der Waals surface area (Å²) in [6.45, 7) is 4.76. The number of benzene rings is 1. The van der Waals surface area contributed by atoms with Gasteiger partial charge in [0.05, 0.1) is 5.69 Å². The maximum atomic E-state index is 13.5. The number of nitrogens with one attached hydrogen (secondary N) is 1. The Morgan fingerprint density at radius 1 is 1.24 bits per heavy atom. The van der Waals surface area contributed by atoms with Crippen molar-refractivity contribution in [3.63, 3.8) is 0 Å². The number of hydrogen-bond donors (Lipinski definition) is 2. The molecule has 114 valence electrons. The molecule has 3 N–H and O–H groups in total. The summed E-state index contributed by atoms with van der Waals surface area (Å²) < 4.78 is 46.3. The van der Waals surface area contributed by atoms with Gasteiger partial charge < -0.3 is 10.2 Å². The standard InChI is InChI=1S/C14H17FN2O3S/c1-8-12(15)5-4-6-13(8)17-21(18,19)14-10(3)20-9(2)11(14)7-16/h4-6,17H,7,16H2,1-3H3. The third-order valence-electron chi connectivity index (χ3n) is 3.31. The van der Waals surface area contributed by atoms with Crippen LogP contribution in [0.1, 0.15) is 22.6 Å². The van der Waals surface area contributed by atoms with Crippen LogP contribution < -0.4 is 10.5 Å². The van der Waals surface area contributed by atoms with Gasteiger partial charge in [0.1, 0.15) is 22.2 Å². The van der Waals surface area contributed by atoms with Crippen molar-refractivity contribution in [1.29, 1.82) is 0 Å². The third kappa shape index (κ3) is 2.79. The first kappa shape index (κ1) is 15.5. The second kappa shape index (κ2) is 5.50. The van der Waals surface area contributed by atoms with Gasteiger partial charge in [-0.3, -0.25) is 4.72 Å². The highest BCUT2D eigenvalue weighted by Crippen LogP contribution is 2.29. The summed E-state index contributed by atoms with van der Waals surface area (Å²) in [7, 11) is -3.90. The molecule has 1 heterocycles. The van der Waals surface area contributed by atoms with Gasteiger partial charge in [-0.25, -0.2) is 12.8 Å². The monoisotopic (exact) mass is 312 g/mol. The van der Waals surface area contributed by atoms with E-state index in [9.17, 15) is 12.8 Å². The molecular formula is C14H17FN2O3S. The van der Waals surface area contributed by atoms with Gasteiger partial charge in [0, 0.05) is 17.7 Å². The molecule has 0 fully saturated rings. The summed E-state index contributed by atoms with van der Waals surface area (Å²) in [6.07, 6.45) is 0. The molecular weight excluding hydrogens is 295 g/mol. The summed E-state index contributed by atoms with van der Waals surface area (Å²) in [5.74, 6) is 0.246. The second-order valence-electron chi connectivity index (χ2n) is 4.74. The number of aryl methyl sites for hydroxylation is 2. The lowest BCUT2D eigenvalue weighted by Gasteiger charge is -2.11. The van der Waals surface area contributed by atoms with E-state index in [1.807, 2.05) is 0 Å². The second-order valence-corrected chi connectivity index (χ2v) is 6.36. The summed E-state index contributed by atoms with van der Waals surface area (Å²) in [5, 5.41) is 0. The summed E-state index contributed by atoms with van der Waals surface area (Å²) >= 11 is 0. The summed E-state index contributed by atoms with van der Waals surface area (Å²) in [5.41, 5.74) is 6.44. The van der Waals surface area contributed by atoms with Crippen LogP contribution in [0.4, 0.5) is 10.1 Å². The van der Waals surface area contributed by atoms with Crippen molar-refractivity contribution in [2.75, 3.05) is 4.72 Å². The minimum absolute atomic E-state index is 0.0196. The van der Waals surface area contributed by atoms with Crippen molar-refractivity contribution in [2.45, 2.75) is 32.2 Å². The molecule has 0 aliphatic heterocycles. The maximum Gasteiger partial charge on any atom is 0.265 e. The van der Waals surface area contributed by atoms with E-state index in [-0.39, 0.29) is 28.5 Å². The van der Waals surface area contributed by atoms with E-state index in [1.165, 1.54) is 25.1 Å². The predicted molar refractivity (Wildman–Crippen MR) is 78.0 cm³/mol. The van der Waals surface area contributed by atoms with Gasteiger partial charge in [-0.1, -0.05) is 6.07 Å². The average Bonchev–Trinajstić information content (AvgIpc) is 2.69. The Balaban J connectivity index is 2.51. The van der Waals surface area contributed by atoms with E-state index in [1.54, 1.807) is 13.8 Å². The van der Waals surface area contributed by atoms with E-state index in [2.05, 4.69) is 4.72 Å². The Kier molecular flexibility index (Phi) is 4.06. The molecule has 7 heteroatoms. The van der Waals surface area contributed by atoms with Crippen molar-refractivity contribution in [1.82, 2.24) is 0 Å². The molecule has 0 aliphatic carbocycles. The molecule has 0 radical (unpaired) electrons. The van der Waals surface area contributed by atoms with Gasteiger partial charge in [-0.05, 0) is 32.9 Å². The van der Waals surface area contributed by atoms with Gasteiger partial charge in [0.2, 0.25) is 0 Å². The van der Waals surface area contributed by atoms with E-state index >= 15 is 0 Å². The molecule has 2 rings (SSSR count). The Morgan fingerprint density at radius 3 is 2.52 bits per heavy atom. The van der Waals surface area contributed by atoms with Crippen LogP contribution in [0.5, 0.6) is 0 Å². The van der Waals surface area contributed by atoms with Crippen LogP contribution in [0.25, 0.3) is 0 Å². The predicted octanol–water partition coefficient (Wildman–Crippen LogP) is 2.60. The van der Waals surface area contributed by atoms with E-state index in [4.69, 9.17) is 10.2 Å². The van der Waals surface area contributed by atoms with Crippen molar-refractivity contribution in [3.8, 4) is 0 Å². The van der Waals surface area contributed by atoms with Gasteiger partial charge in [-0.2, -0.15) is 0 Å². The van der Waals surface area contributed by atoms with Crippen LogP contribution in [0, 0.1) is 26.6 Å². The molecule has 0 unspecified atom stereocenters. The fraction of sp³-hybridized carbons (Fsp3) is 0.286. The topological polar surface area (TPSA) is 85.3 Å². The molecule has 2 aromatic rings. The van der Waals surface area contributed by atoms with Crippen LogP contribution in [0.15, 0.2) is 27.5 Å². The zero-order valence-electron chi connectivity index (χ0n) is 12.0. The van der Waals surface area contributed by atoms with Gasteiger partial charge in [0.15, 0.2) is 0 Å². The highest BCUT2D eigenvalue weighted by Gasteiger charge is 2.26. The number of anilines is 1. The van der Waals surface area contributed by atoms with Crippen LogP contribution >= 0.6 is 0 Å². The third-order valence-corrected chi connectivity index (χ3v) is 4.87. The molecule has 0 spiro atoms. The first-order valence-electron chi connectivity index (χ1n) is 6.34. The van der Waals surface area contributed by atoms with Crippen molar-refractivity contribution in [2.24, 2.45) is 5.73 Å². The Hall–Kier alpha value is -1.86. The van der Waals surface area contributed by atoms with Crippen molar-refractivity contribution >= 4 is 15.7 Å². The number of furan rings is 1. The molecule has 0 saturated heterocycles. The Labute approximate surface area is 123 Å². The zero-order valence-corrected chi connectivity index (χ0v) is 12.8. The molecule has 0 aliphatic rings. The fourth-order valence-corrected chi connectivity index (χ4v) is 3.80.